The Balaban J connectivity index is 1.79. The molecule has 1 unspecified atom stereocenters. The van der Waals surface area contributed by atoms with E-state index >= 15 is 0 Å². The highest BCUT2D eigenvalue weighted by molar-refractivity contribution is 5.30. The topological polar surface area (TPSA) is 24.5 Å². The van der Waals surface area contributed by atoms with E-state index in [1.165, 1.54) is 31.5 Å². The molecule has 3 nitrogen and oxygen atoms in total. The summed E-state index contributed by atoms with van der Waals surface area (Å²) < 4.78 is 5.89. The summed E-state index contributed by atoms with van der Waals surface area (Å²) >= 11 is 0. The van der Waals surface area contributed by atoms with Crippen molar-refractivity contribution in [3.8, 4) is 5.75 Å². The zero-order valence-corrected chi connectivity index (χ0v) is 12.9. The third-order valence-corrected chi connectivity index (χ3v) is 3.93. The average molecular weight is 276 g/mol. The Bertz CT molecular complexity index is 388. The van der Waals surface area contributed by atoms with Gasteiger partial charge in [-0.1, -0.05) is 19.1 Å². The molecule has 1 aliphatic rings. The van der Waals surface area contributed by atoms with Crippen LogP contribution >= 0.6 is 0 Å². The number of hydrogen-bond acceptors (Lipinski definition) is 3. The minimum absolute atomic E-state index is 0.386. The molecule has 1 aliphatic heterocycles. The van der Waals surface area contributed by atoms with Crippen molar-refractivity contribution in [2.45, 2.75) is 39.2 Å². The van der Waals surface area contributed by atoms with E-state index in [-0.39, 0.29) is 0 Å². The van der Waals surface area contributed by atoms with E-state index in [1.54, 1.807) is 0 Å². The Morgan fingerprint density at radius 2 is 2.10 bits per heavy atom. The minimum Gasteiger partial charge on any atom is -0.492 e. The summed E-state index contributed by atoms with van der Waals surface area (Å²) in [7, 11) is 0. The molecule has 3 heteroatoms. The first kappa shape index (κ1) is 15.3. The number of likely N-dealkylation sites (tertiary alicyclic amines) is 1. The van der Waals surface area contributed by atoms with Gasteiger partial charge >= 0.3 is 0 Å². The highest BCUT2D eigenvalue weighted by Crippen LogP contribution is 2.19. The molecule has 1 saturated heterocycles. The molecule has 1 fully saturated rings. The summed E-state index contributed by atoms with van der Waals surface area (Å²) in [6, 6.07) is 8.86. The van der Waals surface area contributed by atoms with Crippen molar-refractivity contribution in [2.24, 2.45) is 0 Å². The molecule has 0 bridgehead atoms. The fourth-order valence-corrected chi connectivity index (χ4v) is 2.65. The molecule has 0 spiro atoms. The maximum Gasteiger partial charge on any atom is 0.119 e. The lowest BCUT2D eigenvalue weighted by Crippen LogP contribution is -2.25. The van der Waals surface area contributed by atoms with Gasteiger partial charge in [0.1, 0.15) is 12.4 Å². The van der Waals surface area contributed by atoms with Crippen molar-refractivity contribution in [2.75, 3.05) is 32.8 Å². The zero-order valence-electron chi connectivity index (χ0n) is 12.9. The standard InChI is InChI=1S/C17H28N2O/c1-3-9-18-15(2)16-7-6-8-17(14-16)20-13-12-19-10-4-5-11-19/h6-8,14-15,18H,3-5,9-13H2,1-2H3. The summed E-state index contributed by atoms with van der Waals surface area (Å²) in [5, 5.41) is 3.51. The molecule has 1 heterocycles. The molecule has 0 amide bonds. The lowest BCUT2D eigenvalue weighted by Gasteiger charge is -2.17. The van der Waals surface area contributed by atoms with E-state index in [0.717, 1.165) is 31.9 Å². The summed E-state index contributed by atoms with van der Waals surface area (Å²) in [5.74, 6) is 0.992. The summed E-state index contributed by atoms with van der Waals surface area (Å²) in [6.07, 6.45) is 3.85. The molecule has 2 rings (SSSR count). The lowest BCUT2D eigenvalue weighted by atomic mass is 10.1. The van der Waals surface area contributed by atoms with Crippen LogP contribution < -0.4 is 10.1 Å². The van der Waals surface area contributed by atoms with Gasteiger partial charge in [-0.05, 0) is 63.5 Å². The second-order valence-corrected chi connectivity index (χ2v) is 5.65. The smallest absolute Gasteiger partial charge is 0.119 e. The average Bonchev–Trinajstić information content (AvgIpc) is 2.98. The molecule has 1 aromatic rings. The minimum atomic E-state index is 0.386. The van der Waals surface area contributed by atoms with Crippen LogP contribution in [0.1, 0.15) is 44.7 Å². The monoisotopic (exact) mass is 276 g/mol. The summed E-state index contributed by atoms with van der Waals surface area (Å²) in [5.41, 5.74) is 1.30. The molecule has 0 radical (unpaired) electrons. The van der Waals surface area contributed by atoms with Gasteiger partial charge in [0.25, 0.3) is 0 Å². The predicted octanol–water partition coefficient (Wildman–Crippen LogP) is 3.22. The van der Waals surface area contributed by atoms with Crippen LogP contribution in [-0.2, 0) is 0 Å². The molecular weight excluding hydrogens is 248 g/mol. The van der Waals surface area contributed by atoms with E-state index < -0.39 is 0 Å². The Morgan fingerprint density at radius 1 is 1.30 bits per heavy atom. The molecule has 1 aromatic carbocycles. The fraction of sp³-hybridized carbons (Fsp3) is 0.647. The van der Waals surface area contributed by atoms with Crippen LogP contribution in [0.3, 0.4) is 0 Å². The van der Waals surface area contributed by atoms with Crippen molar-refractivity contribution in [1.82, 2.24) is 10.2 Å². The number of nitrogens with one attached hydrogen (secondary N) is 1. The van der Waals surface area contributed by atoms with Crippen molar-refractivity contribution in [3.63, 3.8) is 0 Å². The molecule has 0 aromatic heterocycles. The lowest BCUT2D eigenvalue weighted by molar-refractivity contribution is 0.237. The largest absolute Gasteiger partial charge is 0.492 e. The third-order valence-electron chi connectivity index (χ3n) is 3.93. The maximum atomic E-state index is 5.89. The molecule has 1 N–H and O–H groups in total. The van der Waals surface area contributed by atoms with Gasteiger partial charge in [0, 0.05) is 12.6 Å². The first-order valence-electron chi connectivity index (χ1n) is 7.98. The van der Waals surface area contributed by atoms with Gasteiger partial charge in [-0.3, -0.25) is 4.90 Å². The Kier molecular flexibility index (Phi) is 6.34. The summed E-state index contributed by atoms with van der Waals surface area (Å²) in [6.45, 7) is 9.77. The molecule has 0 aliphatic carbocycles. The summed E-state index contributed by atoms with van der Waals surface area (Å²) in [4.78, 5) is 2.48. The van der Waals surface area contributed by atoms with Gasteiger partial charge in [0.05, 0.1) is 0 Å². The van der Waals surface area contributed by atoms with Gasteiger partial charge in [-0.25, -0.2) is 0 Å². The molecule has 20 heavy (non-hydrogen) atoms. The second kappa shape index (κ2) is 8.28. The van der Waals surface area contributed by atoms with E-state index in [9.17, 15) is 0 Å². The zero-order chi connectivity index (χ0) is 14.2. The highest BCUT2D eigenvalue weighted by Gasteiger charge is 2.11. The molecular formula is C17H28N2O. The molecule has 0 saturated carbocycles. The van der Waals surface area contributed by atoms with Crippen molar-refractivity contribution in [1.29, 1.82) is 0 Å². The van der Waals surface area contributed by atoms with Crippen LogP contribution in [0.2, 0.25) is 0 Å². The van der Waals surface area contributed by atoms with Crippen molar-refractivity contribution >= 4 is 0 Å². The highest BCUT2D eigenvalue weighted by atomic mass is 16.5. The van der Waals surface area contributed by atoms with E-state index in [4.69, 9.17) is 4.74 Å². The Hall–Kier alpha value is -1.06. The molecule has 1 atom stereocenters. The van der Waals surface area contributed by atoms with Crippen LogP contribution in [0.5, 0.6) is 5.75 Å². The second-order valence-electron chi connectivity index (χ2n) is 5.65. The van der Waals surface area contributed by atoms with Gasteiger partial charge in [-0.2, -0.15) is 0 Å². The van der Waals surface area contributed by atoms with Crippen molar-refractivity contribution < 1.29 is 4.74 Å². The van der Waals surface area contributed by atoms with Crippen LogP contribution in [0.4, 0.5) is 0 Å². The normalized spacial score (nSPS) is 17.3. The van der Waals surface area contributed by atoms with Crippen LogP contribution in [0, 0.1) is 0 Å². The number of rotatable bonds is 8. The predicted molar refractivity (Wildman–Crippen MR) is 84.3 cm³/mol. The third kappa shape index (κ3) is 4.80. The van der Waals surface area contributed by atoms with Gasteiger partial charge in [0.15, 0.2) is 0 Å². The number of nitrogens with zero attached hydrogens (tertiary/aromatic N) is 1. The Labute approximate surface area is 123 Å². The van der Waals surface area contributed by atoms with E-state index in [1.807, 2.05) is 0 Å². The first-order chi connectivity index (χ1) is 9.79. The number of hydrogen-bond donors (Lipinski definition) is 1. The van der Waals surface area contributed by atoms with Crippen molar-refractivity contribution in [3.05, 3.63) is 29.8 Å². The number of benzene rings is 1. The van der Waals surface area contributed by atoms with Gasteiger partial charge in [0.2, 0.25) is 0 Å². The van der Waals surface area contributed by atoms with Gasteiger partial charge < -0.3 is 10.1 Å². The van der Waals surface area contributed by atoms with Crippen LogP contribution in [0.15, 0.2) is 24.3 Å². The first-order valence-corrected chi connectivity index (χ1v) is 7.98. The van der Waals surface area contributed by atoms with Crippen LogP contribution in [0.25, 0.3) is 0 Å². The Morgan fingerprint density at radius 3 is 2.85 bits per heavy atom. The quantitative estimate of drug-likeness (QED) is 0.789. The molecule has 112 valence electrons. The van der Waals surface area contributed by atoms with E-state index in [2.05, 4.69) is 48.3 Å². The SMILES string of the molecule is CCCNC(C)c1cccc(OCCN2CCCC2)c1. The van der Waals surface area contributed by atoms with Crippen LogP contribution in [-0.4, -0.2) is 37.7 Å². The van der Waals surface area contributed by atoms with Gasteiger partial charge in [-0.15, -0.1) is 0 Å². The number of ether oxygens (including phenoxy) is 1. The maximum absolute atomic E-state index is 5.89. The van der Waals surface area contributed by atoms with E-state index in [0.29, 0.717) is 6.04 Å². The fourth-order valence-electron chi connectivity index (χ4n) is 2.65.